The average Bonchev–Trinajstić information content (AvgIpc) is 2.84. The Kier molecular flexibility index (Phi) is 4.14. The first kappa shape index (κ1) is 17.8. The van der Waals surface area contributed by atoms with Crippen molar-refractivity contribution in [1.82, 2.24) is 4.98 Å². The van der Waals surface area contributed by atoms with Crippen molar-refractivity contribution in [2.75, 3.05) is 5.73 Å². The van der Waals surface area contributed by atoms with Gasteiger partial charge < -0.3 is 10.5 Å². The highest BCUT2D eigenvalue weighted by atomic mass is 16.5. The third kappa shape index (κ3) is 3.27. The standard InChI is InChI=1S/C24H28N2O/c1-23(2)14-17(15-24(23,3)4)16-5-10-20-21(13-16)26-12-11-22(20)27-19-8-6-18(25)7-9-19/h5-13,17H,14-15,25H2,1-4H3. The molecule has 1 fully saturated rings. The summed E-state index contributed by atoms with van der Waals surface area (Å²) in [4.78, 5) is 4.60. The number of fused-ring (bicyclic) bond motifs is 1. The second-order valence-electron chi connectivity index (χ2n) is 9.13. The molecule has 0 amide bonds. The van der Waals surface area contributed by atoms with Gasteiger partial charge in [-0.05, 0) is 77.6 Å². The van der Waals surface area contributed by atoms with Gasteiger partial charge in [0, 0.05) is 17.3 Å². The number of anilines is 1. The SMILES string of the molecule is CC1(C)CC(c2ccc3c(Oc4ccc(N)cc4)ccnc3c2)CC1(C)C. The van der Waals surface area contributed by atoms with Crippen LogP contribution in [0.3, 0.4) is 0 Å². The third-order valence-electron chi connectivity index (χ3n) is 6.65. The van der Waals surface area contributed by atoms with Gasteiger partial charge in [0.05, 0.1) is 5.52 Å². The highest BCUT2D eigenvalue weighted by Gasteiger charge is 2.46. The Balaban J connectivity index is 1.65. The number of nitrogens with zero attached hydrogens (tertiary/aromatic N) is 1. The van der Waals surface area contributed by atoms with E-state index in [4.69, 9.17) is 10.5 Å². The van der Waals surface area contributed by atoms with Crippen LogP contribution in [0.2, 0.25) is 0 Å². The number of benzene rings is 2. The molecule has 0 atom stereocenters. The molecule has 1 saturated carbocycles. The molecular weight excluding hydrogens is 332 g/mol. The van der Waals surface area contributed by atoms with E-state index in [-0.39, 0.29) is 0 Å². The first-order valence-corrected chi connectivity index (χ1v) is 9.67. The summed E-state index contributed by atoms with van der Waals surface area (Å²) in [5.74, 6) is 2.19. The smallest absolute Gasteiger partial charge is 0.138 e. The van der Waals surface area contributed by atoms with Crippen molar-refractivity contribution in [3.8, 4) is 11.5 Å². The van der Waals surface area contributed by atoms with Gasteiger partial charge in [-0.1, -0.05) is 33.8 Å². The number of nitrogens with two attached hydrogens (primary N) is 1. The predicted molar refractivity (Wildman–Crippen MR) is 112 cm³/mol. The van der Waals surface area contributed by atoms with Gasteiger partial charge in [-0.3, -0.25) is 4.98 Å². The first-order valence-electron chi connectivity index (χ1n) is 9.67. The molecule has 140 valence electrons. The van der Waals surface area contributed by atoms with Crippen LogP contribution in [0.15, 0.2) is 54.7 Å². The number of nitrogen functional groups attached to an aromatic ring is 1. The second kappa shape index (κ2) is 6.26. The number of hydrogen-bond acceptors (Lipinski definition) is 3. The minimum absolute atomic E-state index is 0.347. The van der Waals surface area contributed by atoms with Crippen LogP contribution < -0.4 is 10.5 Å². The zero-order chi connectivity index (χ0) is 19.2. The summed E-state index contributed by atoms with van der Waals surface area (Å²) >= 11 is 0. The Hall–Kier alpha value is -2.55. The molecule has 0 bridgehead atoms. The number of hydrogen-bond donors (Lipinski definition) is 1. The molecule has 4 rings (SSSR count). The van der Waals surface area contributed by atoms with Gasteiger partial charge in [-0.25, -0.2) is 0 Å². The van der Waals surface area contributed by atoms with E-state index in [0.717, 1.165) is 28.1 Å². The Labute approximate surface area is 161 Å². The van der Waals surface area contributed by atoms with Crippen LogP contribution in [0, 0.1) is 10.8 Å². The lowest BCUT2D eigenvalue weighted by Gasteiger charge is -2.34. The zero-order valence-corrected chi connectivity index (χ0v) is 16.6. The van der Waals surface area contributed by atoms with E-state index in [9.17, 15) is 0 Å². The summed E-state index contributed by atoms with van der Waals surface area (Å²) in [6.45, 7) is 9.57. The quantitative estimate of drug-likeness (QED) is 0.539. The van der Waals surface area contributed by atoms with Gasteiger partial charge in [0.25, 0.3) is 0 Å². The summed E-state index contributed by atoms with van der Waals surface area (Å²) in [6, 6.07) is 16.0. The molecule has 1 aromatic heterocycles. The van der Waals surface area contributed by atoms with Crippen LogP contribution in [0.25, 0.3) is 10.9 Å². The predicted octanol–water partition coefficient (Wildman–Crippen LogP) is 6.54. The molecule has 2 N–H and O–H groups in total. The third-order valence-corrected chi connectivity index (χ3v) is 6.65. The number of pyridine rings is 1. The zero-order valence-electron chi connectivity index (χ0n) is 16.6. The molecule has 0 spiro atoms. The maximum atomic E-state index is 6.08. The van der Waals surface area contributed by atoms with Crippen LogP contribution in [0.4, 0.5) is 5.69 Å². The lowest BCUT2D eigenvalue weighted by atomic mass is 9.71. The number of aromatic nitrogens is 1. The molecule has 3 nitrogen and oxygen atoms in total. The van der Waals surface area contributed by atoms with Crippen molar-refractivity contribution in [3.05, 3.63) is 60.3 Å². The number of ether oxygens (including phenoxy) is 1. The number of rotatable bonds is 3. The minimum Gasteiger partial charge on any atom is -0.457 e. The Morgan fingerprint density at radius 1 is 0.926 bits per heavy atom. The average molecular weight is 361 g/mol. The molecule has 0 unspecified atom stereocenters. The summed E-state index contributed by atoms with van der Waals surface area (Å²) in [5.41, 5.74) is 9.56. The fraction of sp³-hybridized carbons (Fsp3) is 0.375. The molecule has 1 aliphatic rings. The Bertz CT molecular complexity index is 957. The van der Waals surface area contributed by atoms with Crippen LogP contribution in [0.5, 0.6) is 11.5 Å². The van der Waals surface area contributed by atoms with Crippen LogP contribution in [-0.4, -0.2) is 4.98 Å². The Morgan fingerprint density at radius 3 is 2.26 bits per heavy atom. The van der Waals surface area contributed by atoms with Gasteiger partial charge in [0.2, 0.25) is 0 Å². The van der Waals surface area contributed by atoms with E-state index in [0.29, 0.717) is 16.7 Å². The summed E-state index contributed by atoms with van der Waals surface area (Å²) in [5, 5.41) is 1.04. The van der Waals surface area contributed by atoms with Crippen molar-refractivity contribution < 1.29 is 4.74 Å². The minimum atomic E-state index is 0.347. The summed E-state index contributed by atoms with van der Waals surface area (Å²) < 4.78 is 6.08. The van der Waals surface area contributed by atoms with Crippen molar-refractivity contribution in [1.29, 1.82) is 0 Å². The van der Waals surface area contributed by atoms with E-state index in [1.54, 1.807) is 0 Å². The van der Waals surface area contributed by atoms with Crippen molar-refractivity contribution in [2.24, 2.45) is 10.8 Å². The molecule has 1 aliphatic carbocycles. The molecule has 3 aromatic rings. The lowest BCUT2D eigenvalue weighted by molar-refractivity contribution is 0.157. The lowest BCUT2D eigenvalue weighted by Crippen LogP contribution is -2.25. The highest BCUT2D eigenvalue weighted by Crippen LogP contribution is 2.57. The fourth-order valence-corrected chi connectivity index (χ4v) is 4.24. The fourth-order valence-electron chi connectivity index (χ4n) is 4.24. The molecule has 27 heavy (non-hydrogen) atoms. The largest absolute Gasteiger partial charge is 0.457 e. The van der Waals surface area contributed by atoms with Gasteiger partial charge in [0.1, 0.15) is 11.5 Å². The molecule has 1 heterocycles. The van der Waals surface area contributed by atoms with Gasteiger partial charge >= 0.3 is 0 Å². The van der Waals surface area contributed by atoms with Gasteiger partial charge in [-0.15, -0.1) is 0 Å². The normalized spacial score (nSPS) is 18.7. The van der Waals surface area contributed by atoms with E-state index < -0.39 is 0 Å². The second-order valence-corrected chi connectivity index (χ2v) is 9.13. The molecular formula is C24H28N2O. The van der Waals surface area contributed by atoms with Crippen molar-refractivity contribution >= 4 is 16.6 Å². The maximum absolute atomic E-state index is 6.08. The highest BCUT2D eigenvalue weighted by molar-refractivity contribution is 5.85. The Morgan fingerprint density at radius 2 is 1.59 bits per heavy atom. The van der Waals surface area contributed by atoms with E-state index in [2.05, 4.69) is 50.9 Å². The van der Waals surface area contributed by atoms with Gasteiger partial charge in [-0.2, -0.15) is 0 Å². The monoisotopic (exact) mass is 360 g/mol. The maximum Gasteiger partial charge on any atom is 0.138 e. The van der Waals surface area contributed by atoms with Crippen molar-refractivity contribution in [2.45, 2.75) is 46.5 Å². The molecule has 0 aliphatic heterocycles. The molecule has 2 aromatic carbocycles. The van der Waals surface area contributed by atoms with Crippen LogP contribution in [0.1, 0.15) is 52.0 Å². The topological polar surface area (TPSA) is 48.1 Å². The molecule has 0 radical (unpaired) electrons. The van der Waals surface area contributed by atoms with E-state index in [1.165, 1.54) is 18.4 Å². The molecule has 3 heteroatoms. The summed E-state index contributed by atoms with van der Waals surface area (Å²) in [6.07, 6.45) is 4.25. The van der Waals surface area contributed by atoms with Crippen LogP contribution in [-0.2, 0) is 0 Å². The first-order chi connectivity index (χ1) is 12.7. The van der Waals surface area contributed by atoms with Crippen LogP contribution >= 0.6 is 0 Å². The van der Waals surface area contributed by atoms with Gasteiger partial charge in [0.15, 0.2) is 0 Å². The van der Waals surface area contributed by atoms with E-state index >= 15 is 0 Å². The summed E-state index contributed by atoms with van der Waals surface area (Å²) in [7, 11) is 0. The molecule has 0 saturated heterocycles. The van der Waals surface area contributed by atoms with E-state index in [1.807, 2.05) is 36.5 Å². The van der Waals surface area contributed by atoms with Crippen molar-refractivity contribution in [3.63, 3.8) is 0 Å².